The number of alkyl carbamates (subject to hydrolysis) is 1. The number of anilines is 1. The number of rotatable bonds is 7. The second-order valence-electron chi connectivity index (χ2n) is 6.77. The number of pyridine rings is 1. The van der Waals surface area contributed by atoms with Gasteiger partial charge in [0.2, 0.25) is 5.91 Å². The van der Waals surface area contributed by atoms with Gasteiger partial charge >= 0.3 is 6.09 Å². The van der Waals surface area contributed by atoms with Crippen molar-refractivity contribution in [2.45, 2.75) is 26.1 Å². The lowest BCUT2D eigenvalue weighted by atomic mass is 10.2. The Morgan fingerprint density at radius 2 is 1.90 bits per heavy atom. The number of nitrogens with one attached hydrogen (secondary N) is 2. The van der Waals surface area contributed by atoms with Gasteiger partial charge in [-0.25, -0.2) is 9.78 Å². The first-order chi connectivity index (χ1) is 14.1. The van der Waals surface area contributed by atoms with Crippen LogP contribution in [0, 0.1) is 0 Å². The molecule has 154 valence electrons. The maximum absolute atomic E-state index is 12.2. The summed E-state index contributed by atoms with van der Waals surface area (Å²) < 4.78 is 10.5. The molecule has 29 heavy (non-hydrogen) atoms. The largest absolute Gasteiger partial charge is 0.445 e. The second kappa shape index (κ2) is 10.4. The van der Waals surface area contributed by atoms with Crippen LogP contribution in [0.3, 0.4) is 0 Å². The van der Waals surface area contributed by atoms with Gasteiger partial charge in [0.25, 0.3) is 0 Å². The van der Waals surface area contributed by atoms with Gasteiger partial charge in [-0.2, -0.15) is 0 Å². The minimum atomic E-state index is -0.709. The highest BCUT2D eigenvalue weighted by atomic mass is 16.5. The third-order valence-electron chi connectivity index (χ3n) is 4.55. The van der Waals surface area contributed by atoms with Crippen molar-refractivity contribution in [3.05, 3.63) is 59.8 Å². The number of aromatic nitrogens is 1. The van der Waals surface area contributed by atoms with Crippen molar-refractivity contribution in [3.8, 4) is 0 Å². The normalized spacial score (nSPS) is 14.7. The van der Waals surface area contributed by atoms with Crippen LogP contribution in [0.5, 0.6) is 0 Å². The summed E-state index contributed by atoms with van der Waals surface area (Å²) in [6, 6.07) is 12.5. The number of hydrogen-bond donors (Lipinski definition) is 2. The molecule has 1 aromatic carbocycles. The Bertz CT molecular complexity index is 792. The van der Waals surface area contributed by atoms with Crippen LogP contribution < -0.4 is 15.5 Å². The number of morpholine rings is 1. The molecule has 1 aliphatic heterocycles. The molecule has 2 N–H and O–H groups in total. The summed E-state index contributed by atoms with van der Waals surface area (Å²) in [7, 11) is 0. The number of hydrogen-bond acceptors (Lipinski definition) is 6. The molecule has 1 aliphatic rings. The molecule has 0 aliphatic carbocycles. The maximum Gasteiger partial charge on any atom is 0.408 e. The molecule has 8 nitrogen and oxygen atoms in total. The third kappa shape index (κ3) is 6.46. The van der Waals surface area contributed by atoms with E-state index in [0.29, 0.717) is 19.8 Å². The van der Waals surface area contributed by atoms with Crippen LogP contribution in [0.2, 0.25) is 0 Å². The lowest BCUT2D eigenvalue weighted by molar-refractivity contribution is -0.122. The Labute approximate surface area is 170 Å². The summed E-state index contributed by atoms with van der Waals surface area (Å²) in [5.74, 6) is 0.610. The predicted molar refractivity (Wildman–Crippen MR) is 108 cm³/mol. The Balaban J connectivity index is 1.39. The van der Waals surface area contributed by atoms with E-state index in [2.05, 4.69) is 20.5 Å². The van der Waals surface area contributed by atoms with Gasteiger partial charge in [-0.3, -0.25) is 4.79 Å². The second-order valence-corrected chi connectivity index (χ2v) is 6.77. The fourth-order valence-corrected chi connectivity index (χ4v) is 2.85. The summed E-state index contributed by atoms with van der Waals surface area (Å²) in [6.45, 7) is 5.16. The van der Waals surface area contributed by atoms with Gasteiger partial charge in [0.1, 0.15) is 18.5 Å². The van der Waals surface area contributed by atoms with Gasteiger partial charge < -0.3 is 25.0 Å². The summed E-state index contributed by atoms with van der Waals surface area (Å²) in [4.78, 5) is 30.7. The molecule has 0 unspecified atom stereocenters. The molecule has 0 radical (unpaired) electrons. The van der Waals surface area contributed by atoms with Gasteiger partial charge in [0, 0.05) is 25.8 Å². The number of amides is 2. The van der Waals surface area contributed by atoms with E-state index in [1.165, 1.54) is 0 Å². The molecule has 8 heteroatoms. The molecule has 0 bridgehead atoms. The summed E-state index contributed by atoms with van der Waals surface area (Å²) >= 11 is 0. The van der Waals surface area contributed by atoms with Crippen molar-refractivity contribution >= 4 is 17.8 Å². The van der Waals surface area contributed by atoms with Crippen molar-refractivity contribution < 1.29 is 19.1 Å². The molecular weight excluding hydrogens is 372 g/mol. The number of nitrogens with zero attached hydrogens (tertiary/aromatic N) is 2. The zero-order valence-electron chi connectivity index (χ0n) is 16.5. The first kappa shape index (κ1) is 20.6. The summed E-state index contributed by atoms with van der Waals surface area (Å²) in [5.41, 5.74) is 1.77. The van der Waals surface area contributed by atoms with Crippen molar-refractivity contribution in [2.24, 2.45) is 0 Å². The Morgan fingerprint density at radius 1 is 1.14 bits per heavy atom. The summed E-state index contributed by atoms with van der Waals surface area (Å²) in [6.07, 6.45) is 1.12. The van der Waals surface area contributed by atoms with Gasteiger partial charge in [0.15, 0.2) is 0 Å². The quantitative estimate of drug-likeness (QED) is 0.740. The van der Waals surface area contributed by atoms with Gasteiger partial charge in [-0.15, -0.1) is 0 Å². The third-order valence-corrected chi connectivity index (χ3v) is 4.55. The first-order valence-corrected chi connectivity index (χ1v) is 9.64. The fraction of sp³-hybridized carbons (Fsp3) is 0.381. The Hall–Kier alpha value is -3.13. The average Bonchev–Trinajstić information content (AvgIpc) is 2.77. The molecule has 1 saturated heterocycles. The first-order valence-electron chi connectivity index (χ1n) is 9.64. The number of benzene rings is 1. The van der Waals surface area contributed by atoms with E-state index >= 15 is 0 Å². The maximum atomic E-state index is 12.2. The highest BCUT2D eigenvalue weighted by Gasteiger charge is 2.16. The van der Waals surface area contributed by atoms with E-state index in [1.807, 2.05) is 42.5 Å². The summed E-state index contributed by atoms with van der Waals surface area (Å²) in [5, 5.41) is 5.33. The predicted octanol–water partition coefficient (Wildman–Crippen LogP) is 1.85. The molecular formula is C21H26N4O4. The van der Waals surface area contributed by atoms with Crippen molar-refractivity contribution in [2.75, 3.05) is 31.2 Å². The molecule has 1 aromatic heterocycles. The Kier molecular flexibility index (Phi) is 7.40. The average molecular weight is 398 g/mol. The van der Waals surface area contributed by atoms with Crippen molar-refractivity contribution in [1.29, 1.82) is 0 Å². The topological polar surface area (TPSA) is 92.8 Å². The van der Waals surface area contributed by atoms with Crippen LogP contribution in [0.25, 0.3) is 0 Å². The highest BCUT2D eigenvalue weighted by Crippen LogP contribution is 2.13. The van der Waals surface area contributed by atoms with Crippen LogP contribution in [-0.2, 0) is 27.4 Å². The molecule has 2 aromatic rings. The smallest absolute Gasteiger partial charge is 0.408 e. The zero-order valence-corrected chi connectivity index (χ0v) is 16.5. The number of ether oxygens (including phenoxy) is 2. The highest BCUT2D eigenvalue weighted by molar-refractivity contribution is 5.85. The lowest BCUT2D eigenvalue weighted by Gasteiger charge is -2.27. The monoisotopic (exact) mass is 398 g/mol. The van der Waals surface area contributed by atoms with E-state index in [9.17, 15) is 9.59 Å². The van der Waals surface area contributed by atoms with E-state index in [4.69, 9.17) is 9.47 Å². The SMILES string of the molecule is C[C@H](NC(=O)OCc1ccccc1)C(=O)NCc1ccc(N2CCOCC2)nc1. The minimum Gasteiger partial charge on any atom is -0.445 e. The van der Waals surface area contributed by atoms with Crippen LogP contribution in [-0.4, -0.2) is 49.3 Å². The molecule has 3 rings (SSSR count). The molecule has 2 amide bonds. The van der Waals surface area contributed by atoms with Gasteiger partial charge in [0.05, 0.1) is 13.2 Å². The molecule has 2 heterocycles. The van der Waals surface area contributed by atoms with E-state index < -0.39 is 12.1 Å². The van der Waals surface area contributed by atoms with Crippen molar-refractivity contribution in [1.82, 2.24) is 15.6 Å². The van der Waals surface area contributed by atoms with E-state index in [0.717, 1.165) is 30.0 Å². The molecule has 0 saturated carbocycles. The van der Waals surface area contributed by atoms with E-state index in [1.54, 1.807) is 13.1 Å². The van der Waals surface area contributed by atoms with Crippen molar-refractivity contribution in [3.63, 3.8) is 0 Å². The molecule has 0 spiro atoms. The number of carbonyl (C=O) groups is 2. The number of carbonyl (C=O) groups excluding carboxylic acids is 2. The van der Waals surface area contributed by atoms with Crippen LogP contribution in [0.4, 0.5) is 10.6 Å². The van der Waals surface area contributed by atoms with Gasteiger partial charge in [-0.05, 0) is 24.1 Å². The van der Waals surface area contributed by atoms with Crippen LogP contribution in [0.15, 0.2) is 48.7 Å². The standard InChI is InChI=1S/C21H26N4O4/c1-16(24-21(27)29-15-17-5-3-2-4-6-17)20(26)23-14-18-7-8-19(22-13-18)25-9-11-28-12-10-25/h2-8,13,16H,9-12,14-15H2,1H3,(H,23,26)(H,24,27)/t16-/m0/s1. The molecule has 1 fully saturated rings. The fourth-order valence-electron chi connectivity index (χ4n) is 2.85. The Morgan fingerprint density at radius 3 is 2.59 bits per heavy atom. The lowest BCUT2D eigenvalue weighted by Crippen LogP contribution is -2.44. The minimum absolute atomic E-state index is 0.155. The molecule has 1 atom stereocenters. The van der Waals surface area contributed by atoms with Crippen LogP contribution in [0.1, 0.15) is 18.1 Å². The van der Waals surface area contributed by atoms with Crippen LogP contribution >= 0.6 is 0 Å². The zero-order chi connectivity index (χ0) is 20.5. The van der Waals surface area contributed by atoms with E-state index in [-0.39, 0.29) is 12.5 Å². The van der Waals surface area contributed by atoms with Gasteiger partial charge in [-0.1, -0.05) is 36.4 Å².